The van der Waals surface area contributed by atoms with Crippen LogP contribution in [0.2, 0.25) is 0 Å². The van der Waals surface area contributed by atoms with Crippen molar-refractivity contribution in [3.05, 3.63) is 57.7 Å². The van der Waals surface area contributed by atoms with E-state index < -0.39 is 35.6 Å². The number of methoxy groups -OCH3 is 1. The minimum Gasteiger partial charge on any atom is -0.464 e. The fraction of sp³-hybridized carbons (Fsp3) is 0.672. The zero-order chi connectivity index (χ0) is 52.3. The van der Waals surface area contributed by atoms with Gasteiger partial charge in [0.2, 0.25) is 5.91 Å². The summed E-state index contributed by atoms with van der Waals surface area (Å²) in [5.41, 5.74) is 10.9. The van der Waals surface area contributed by atoms with E-state index in [4.69, 9.17) is 38.4 Å². The van der Waals surface area contributed by atoms with Gasteiger partial charge in [-0.05, 0) is 126 Å². The quantitative estimate of drug-likeness (QED) is 0.138. The van der Waals surface area contributed by atoms with E-state index in [2.05, 4.69) is 81.7 Å². The van der Waals surface area contributed by atoms with Crippen LogP contribution in [0.1, 0.15) is 132 Å². The number of carbonyl (C=O) groups excluding carboxylic acids is 3. The Morgan fingerprint density at radius 1 is 0.987 bits per heavy atom. The largest absolute Gasteiger partial charge is 0.464 e. The number of hydrogen-bond acceptors (Lipinski definition) is 15. The fourth-order valence-electron chi connectivity index (χ4n) is 13.3. The van der Waals surface area contributed by atoms with Gasteiger partial charge in [0, 0.05) is 110 Å². The summed E-state index contributed by atoms with van der Waals surface area (Å²) in [6.07, 6.45) is 11.0. The molecule has 1 saturated carbocycles. The Morgan fingerprint density at radius 3 is 2.53 bits per heavy atom. The molecule has 1 aliphatic carbocycles. The lowest BCUT2D eigenvalue weighted by atomic mass is 9.77. The highest BCUT2D eigenvalue weighted by atomic mass is 32.1. The minimum absolute atomic E-state index is 0.0198. The van der Waals surface area contributed by atoms with Crippen LogP contribution >= 0.6 is 11.3 Å². The number of pyridine rings is 1. The third kappa shape index (κ3) is 10.6. The van der Waals surface area contributed by atoms with E-state index in [9.17, 15) is 9.59 Å². The second-order valence-corrected chi connectivity index (χ2v) is 25.0. The number of benzene rings is 1. The number of cyclic esters (lactones) is 1. The van der Waals surface area contributed by atoms with Crippen LogP contribution in [0.25, 0.3) is 33.4 Å². The smallest absolute Gasteiger partial charge is 0.324 e. The van der Waals surface area contributed by atoms with Crippen molar-refractivity contribution < 1.29 is 42.8 Å². The minimum atomic E-state index is -1.03. The van der Waals surface area contributed by atoms with Gasteiger partial charge in [-0.15, -0.1) is 11.3 Å². The summed E-state index contributed by atoms with van der Waals surface area (Å²) in [5, 5.41) is 8.63. The molecule has 18 heteroatoms. The van der Waals surface area contributed by atoms with Crippen molar-refractivity contribution >= 4 is 40.0 Å². The number of hydrogen-bond donors (Lipinski definition) is 2. The standard InChI is InChI=1S/C58H78N8O9S/c1-35-25-48(75-35)53(67)61-50-52(64-31-58(32-64)16-23-72-34-58)54-60-46(30-76-54)38-8-11-47-42(26-38)44(28-57(3,4)33-74-56(69)45-7-6-17-66(62-45)55(50)68)51(65(47)20-24-73-41-14-21-71-22-15-41)43-27-39(29-59-49(43)36(2)70-5)37-12-18-63(19-13-37)40-9-10-40/h8,11,26-27,29-30,35-37,40-41,45,48,50,52,62H,6-7,9-10,12-25,28,31-34H2,1-5H3,(H,61,67)/t35-,36+,45+,48+,50+,52+/m1/s1. The van der Waals surface area contributed by atoms with Crippen LogP contribution in [0.5, 0.6) is 0 Å². The van der Waals surface area contributed by atoms with Gasteiger partial charge in [0.1, 0.15) is 23.2 Å². The Bertz CT molecular complexity index is 2760. The first kappa shape index (κ1) is 52.3. The number of fused-ring (bicyclic) bond motifs is 6. The molecule has 10 heterocycles. The van der Waals surface area contributed by atoms with Crippen LogP contribution in [0, 0.1) is 10.8 Å². The highest BCUT2D eigenvalue weighted by molar-refractivity contribution is 7.10. The summed E-state index contributed by atoms with van der Waals surface area (Å²) in [6, 6.07) is 7.45. The Hall–Kier alpha value is -4.37. The molecular formula is C58H78N8O9S. The van der Waals surface area contributed by atoms with Crippen molar-refractivity contribution in [2.45, 2.75) is 159 Å². The third-order valence-corrected chi connectivity index (χ3v) is 18.8. The topological polar surface area (TPSA) is 171 Å². The van der Waals surface area contributed by atoms with Crippen LogP contribution in [-0.4, -0.2) is 163 Å². The molecular weight excluding hydrogens is 985 g/mol. The number of nitrogens with one attached hydrogen (secondary N) is 2. The maximum Gasteiger partial charge on any atom is 0.324 e. The second-order valence-electron chi connectivity index (χ2n) is 24.2. The average molecular weight is 1060 g/mol. The molecule has 0 radical (unpaired) electrons. The first-order valence-corrected chi connectivity index (χ1v) is 29.3. The summed E-state index contributed by atoms with van der Waals surface area (Å²) in [5.74, 6) is -0.670. The summed E-state index contributed by atoms with van der Waals surface area (Å²) < 4.78 is 39.1. The molecule has 76 heavy (non-hydrogen) atoms. The number of aromatic nitrogens is 3. The molecule has 6 saturated heterocycles. The van der Waals surface area contributed by atoms with Gasteiger partial charge in [-0.1, -0.05) is 19.9 Å². The normalized spacial score (nSPS) is 28.2. The zero-order valence-electron chi connectivity index (χ0n) is 45.2. The predicted molar refractivity (Wildman–Crippen MR) is 287 cm³/mol. The van der Waals surface area contributed by atoms with Gasteiger partial charge < -0.3 is 43.2 Å². The third-order valence-electron chi connectivity index (χ3n) is 17.8. The Labute approximate surface area is 451 Å². The number of esters is 1. The van der Waals surface area contributed by atoms with E-state index in [1.807, 2.05) is 6.92 Å². The number of likely N-dealkylation sites (tertiary alicyclic amines) is 2. The first-order chi connectivity index (χ1) is 36.8. The van der Waals surface area contributed by atoms with Crippen molar-refractivity contribution in [1.29, 1.82) is 0 Å². The van der Waals surface area contributed by atoms with E-state index in [1.54, 1.807) is 7.11 Å². The van der Waals surface area contributed by atoms with Gasteiger partial charge in [0.05, 0.1) is 61.3 Å². The number of carbonyl (C=O) groups is 3. The second kappa shape index (κ2) is 21.7. The van der Waals surface area contributed by atoms with E-state index in [0.29, 0.717) is 90.8 Å². The van der Waals surface area contributed by atoms with Crippen molar-refractivity contribution in [1.82, 2.24) is 40.1 Å². The van der Waals surface area contributed by atoms with Gasteiger partial charge in [0.15, 0.2) is 0 Å². The molecule has 410 valence electrons. The van der Waals surface area contributed by atoms with Crippen molar-refractivity contribution in [2.24, 2.45) is 10.8 Å². The molecule has 0 unspecified atom stereocenters. The zero-order valence-corrected chi connectivity index (χ0v) is 46.0. The molecule has 7 fully saturated rings. The number of ether oxygens (including phenoxy) is 6. The maximum atomic E-state index is 15.2. The number of thiazole rings is 1. The molecule has 6 atom stereocenters. The van der Waals surface area contributed by atoms with Crippen LogP contribution in [0.4, 0.5) is 0 Å². The van der Waals surface area contributed by atoms with E-state index in [-0.39, 0.29) is 42.1 Å². The van der Waals surface area contributed by atoms with E-state index in [1.165, 1.54) is 34.8 Å². The molecule has 3 aromatic heterocycles. The van der Waals surface area contributed by atoms with Crippen molar-refractivity contribution in [2.75, 3.05) is 79.5 Å². The number of rotatable bonds is 12. The fourth-order valence-corrected chi connectivity index (χ4v) is 14.2. The van der Waals surface area contributed by atoms with E-state index in [0.717, 1.165) is 101 Å². The molecule has 17 nitrogen and oxygen atoms in total. The maximum absolute atomic E-state index is 15.2. The molecule has 8 aliphatic rings. The number of piperidine rings is 1. The molecule has 6 bridgehead atoms. The van der Waals surface area contributed by atoms with Crippen molar-refractivity contribution in [3.8, 4) is 22.5 Å². The summed E-state index contributed by atoms with van der Waals surface area (Å²) in [6.45, 7) is 16.4. The lowest BCUT2D eigenvalue weighted by Gasteiger charge is -2.52. The predicted octanol–water partition coefficient (Wildman–Crippen LogP) is 7.12. The van der Waals surface area contributed by atoms with Gasteiger partial charge >= 0.3 is 5.97 Å². The SMILES string of the molecule is CO[C@@H](C)c1ncc(C2CCN(C3CC3)CC2)cc1-c1c2c3cc(ccc3n1CCOC1CCOCC1)-c1csc(n1)[C@@H](N1CC3(CCOC3)C1)[C@H](NC(=O)[C@@H]1C[C@@H](C)O1)C(=O)N1CCC[C@H](N1)C(=O)OCC(C)(C)C2. The number of nitrogens with zero attached hydrogens (tertiary/aromatic N) is 6. The molecule has 4 aromatic rings. The summed E-state index contributed by atoms with van der Waals surface area (Å²) in [7, 11) is 1.75. The monoisotopic (exact) mass is 1060 g/mol. The lowest BCUT2D eigenvalue weighted by Crippen LogP contribution is -2.67. The molecule has 12 rings (SSSR count). The van der Waals surface area contributed by atoms with Gasteiger partial charge in [0.25, 0.3) is 5.91 Å². The van der Waals surface area contributed by atoms with Gasteiger partial charge in [-0.2, -0.15) is 0 Å². The highest BCUT2D eigenvalue weighted by Gasteiger charge is 2.53. The average Bonchev–Trinajstić information content (AvgIpc) is 3.91. The van der Waals surface area contributed by atoms with Crippen LogP contribution in [0.15, 0.2) is 35.8 Å². The Balaban J connectivity index is 1.00. The van der Waals surface area contributed by atoms with Crippen LogP contribution in [-0.2, 0) is 55.8 Å². The molecule has 2 amide bonds. The van der Waals surface area contributed by atoms with Gasteiger partial charge in [-0.25, -0.2) is 10.4 Å². The molecule has 1 spiro atoms. The number of amides is 2. The Kier molecular flexibility index (Phi) is 14.9. The van der Waals surface area contributed by atoms with Crippen LogP contribution in [0.3, 0.4) is 0 Å². The highest BCUT2D eigenvalue weighted by Crippen LogP contribution is 2.47. The number of hydrazine groups is 1. The van der Waals surface area contributed by atoms with Crippen LogP contribution < -0.4 is 10.7 Å². The molecule has 1 aromatic carbocycles. The molecule has 2 N–H and O–H groups in total. The Morgan fingerprint density at radius 2 is 1.79 bits per heavy atom. The first-order valence-electron chi connectivity index (χ1n) is 28.4. The van der Waals surface area contributed by atoms with Crippen molar-refractivity contribution in [3.63, 3.8) is 0 Å². The summed E-state index contributed by atoms with van der Waals surface area (Å²) >= 11 is 1.51. The summed E-state index contributed by atoms with van der Waals surface area (Å²) in [4.78, 5) is 59.4. The lowest BCUT2D eigenvalue weighted by molar-refractivity contribution is -0.164. The van der Waals surface area contributed by atoms with Gasteiger partial charge in [-0.3, -0.25) is 29.3 Å². The van der Waals surface area contributed by atoms with E-state index >= 15 is 4.79 Å². The molecule has 7 aliphatic heterocycles.